The van der Waals surface area contributed by atoms with E-state index in [1.165, 1.54) is 0 Å². The average molecular weight is 194 g/mol. The second-order valence-electron chi connectivity index (χ2n) is 4.36. The summed E-state index contributed by atoms with van der Waals surface area (Å²) in [4.78, 5) is 0. The van der Waals surface area contributed by atoms with Gasteiger partial charge in [-0.1, -0.05) is 26.8 Å². The van der Waals surface area contributed by atoms with Crippen molar-refractivity contribution in [3.63, 3.8) is 0 Å². The fraction of sp³-hybridized carbons (Fsp3) is 0.500. The van der Waals surface area contributed by atoms with Crippen molar-refractivity contribution in [2.75, 3.05) is 6.61 Å². The minimum Gasteiger partial charge on any atom is -0.508 e. The third kappa shape index (κ3) is 2.41. The van der Waals surface area contributed by atoms with E-state index in [4.69, 9.17) is 4.74 Å². The molecule has 0 aliphatic heterocycles. The molecule has 0 aliphatic carbocycles. The molecule has 0 saturated carbocycles. The van der Waals surface area contributed by atoms with Crippen LogP contribution in [-0.4, -0.2) is 11.7 Å². The van der Waals surface area contributed by atoms with E-state index in [0.29, 0.717) is 12.4 Å². The molecule has 0 radical (unpaired) electrons. The zero-order valence-corrected chi connectivity index (χ0v) is 9.29. The Bertz CT molecular complexity index is 311. The van der Waals surface area contributed by atoms with Crippen molar-refractivity contribution in [2.45, 2.75) is 33.1 Å². The normalized spacial score (nSPS) is 11.4. The Kier molecular flexibility index (Phi) is 3.04. The van der Waals surface area contributed by atoms with Crippen LogP contribution < -0.4 is 4.74 Å². The maximum atomic E-state index is 9.77. The van der Waals surface area contributed by atoms with Crippen LogP contribution in [0.15, 0.2) is 18.2 Å². The number of rotatable bonds is 2. The van der Waals surface area contributed by atoms with Crippen molar-refractivity contribution in [2.24, 2.45) is 0 Å². The van der Waals surface area contributed by atoms with E-state index >= 15 is 0 Å². The average Bonchev–Trinajstić information content (AvgIpc) is 2.02. The van der Waals surface area contributed by atoms with Crippen LogP contribution in [-0.2, 0) is 5.41 Å². The lowest BCUT2D eigenvalue weighted by Crippen LogP contribution is -2.11. The largest absolute Gasteiger partial charge is 0.508 e. The highest BCUT2D eigenvalue weighted by Crippen LogP contribution is 2.33. The molecule has 1 rings (SSSR count). The van der Waals surface area contributed by atoms with Crippen LogP contribution in [0.2, 0.25) is 0 Å². The summed E-state index contributed by atoms with van der Waals surface area (Å²) in [6, 6.07) is 5.48. The second kappa shape index (κ2) is 3.91. The molecule has 78 valence electrons. The van der Waals surface area contributed by atoms with Crippen LogP contribution >= 0.6 is 0 Å². The SMILES string of the molecule is CCOc1ccc(C(C)(C)C)c(O)c1. The van der Waals surface area contributed by atoms with Gasteiger partial charge < -0.3 is 9.84 Å². The number of hydrogen-bond acceptors (Lipinski definition) is 2. The quantitative estimate of drug-likeness (QED) is 0.784. The Balaban J connectivity index is 3.02. The molecule has 1 aromatic rings. The molecule has 0 spiro atoms. The van der Waals surface area contributed by atoms with Gasteiger partial charge in [-0.3, -0.25) is 0 Å². The van der Waals surface area contributed by atoms with E-state index in [1.807, 2.05) is 19.1 Å². The fourth-order valence-corrected chi connectivity index (χ4v) is 1.40. The van der Waals surface area contributed by atoms with Gasteiger partial charge in [-0.2, -0.15) is 0 Å². The standard InChI is InChI=1S/C12H18O2/c1-5-14-9-6-7-10(11(13)8-9)12(2,3)4/h6-8,13H,5H2,1-4H3. The van der Waals surface area contributed by atoms with Crippen molar-refractivity contribution in [3.05, 3.63) is 23.8 Å². The van der Waals surface area contributed by atoms with Crippen molar-refractivity contribution in [1.82, 2.24) is 0 Å². The van der Waals surface area contributed by atoms with Crippen molar-refractivity contribution in [1.29, 1.82) is 0 Å². The molecule has 0 amide bonds. The Hall–Kier alpha value is -1.18. The van der Waals surface area contributed by atoms with Gasteiger partial charge in [-0.05, 0) is 24.0 Å². The Labute approximate surface area is 85.5 Å². The van der Waals surface area contributed by atoms with Gasteiger partial charge >= 0.3 is 0 Å². The number of benzene rings is 1. The molecule has 1 N–H and O–H groups in total. The summed E-state index contributed by atoms with van der Waals surface area (Å²) in [5, 5.41) is 9.77. The highest BCUT2D eigenvalue weighted by molar-refractivity contribution is 5.43. The molecule has 0 fully saturated rings. The summed E-state index contributed by atoms with van der Waals surface area (Å²) in [6.45, 7) is 8.76. The monoisotopic (exact) mass is 194 g/mol. The van der Waals surface area contributed by atoms with Gasteiger partial charge in [0.1, 0.15) is 11.5 Å². The van der Waals surface area contributed by atoms with Crippen LogP contribution in [0, 0.1) is 0 Å². The van der Waals surface area contributed by atoms with Crippen LogP contribution in [0.5, 0.6) is 11.5 Å². The maximum absolute atomic E-state index is 9.77. The molecule has 0 heterocycles. The fourth-order valence-electron chi connectivity index (χ4n) is 1.40. The minimum absolute atomic E-state index is 0.0329. The van der Waals surface area contributed by atoms with Crippen LogP contribution in [0.4, 0.5) is 0 Å². The molecule has 0 bridgehead atoms. The minimum atomic E-state index is -0.0329. The molecule has 1 aromatic carbocycles. The smallest absolute Gasteiger partial charge is 0.122 e. The zero-order valence-electron chi connectivity index (χ0n) is 9.29. The highest BCUT2D eigenvalue weighted by atomic mass is 16.5. The first-order valence-corrected chi connectivity index (χ1v) is 4.91. The molecule has 0 saturated heterocycles. The highest BCUT2D eigenvalue weighted by Gasteiger charge is 2.17. The van der Waals surface area contributed by atoms with Gasteiger partial charge in [0.25, 0.3) is 0 Å². The van der Waals surface area contributed by atoms with Crippen LogP contribution in [0.25, 0.3) is 0 Å². The lowest BCUT2D eigenvalue weighted by atomic mass is 9.86. The summed E-state index contributed by atoms with van der Waals surface area (Å²) in [5.74, 6) is 1.03. The molecule has 14 heavy (non-hydrogen) atoms. The number of phenols is 1. The second-order valence-corrected chi connectivity index (χ2v) is 4.36. The van der Waals surface area contributed by atoms with E-state index in [-0.39, 0.29) is 5.41 Å². The summed E-state index contributed by atoms with van der Waals surface area (Å²) in [5.41, 5.74) is 0.912. The maximum Gasteiger partial charge on any atom is 0.122 e. The Morgan fingerprint density at radius 3 is 2.36 bits per heavy atom. The lowest BCUT2D eigenvalue weighted by Gasteiger charge is -2.20. The summed E-state index contributed by atoms with van der Waals surface area (Å²) >= 11 is 0. The number of ether oxygens (including phenoxy) is 1. The predicted octanol–water partition coefficient (Wildman–Crippen LogP) is 3.09. The van der Waals surface area contributed by atoms with Gasteiger partial charge in [0, 0.05) is 6.07 Å². The zero-order chi connectivity index (χ0) is 10.8. The third-order valence-corrected chi connectivity index (χ3v) is 2.09. The third-order valence-electron chi connectivity index (χ3n) is 2.09. The van der Waals surface area contributed by atoms with Gasteiger partial charge in [0.15, 0.2) is 0 Å². The molecule has 0 aromatic heterocycles. The molecular formula is C12H18O2. The number of phenolic OH excluding ortho intramolecular Hbond substituents is 1. The molecule has 0 atom stereocenters. The Morgan fingerprint density at radius 2 is 1.93 bits per heavy atom. The molecule has 0 aliphatic rings. The number of aromatic hydroxyl groups is 1. The van der Waals surface area contributed by atoms with Gasteiger partial charge in [-0.15, -0.1) is 0 Å². The predicted molar refractivity (Wildman–Crippen MR) is 58.0 cm³/mol. The van der Waals surface area contributed by atoms with Gasteiger partial charge in [0.2, 0.25) is 0 Å². The summed E-state index contributed by atoms with van der Waals surface area (Å²) < 4.78 is 5.29. The first-order chi connectivity index (χ1) is 6.45. The molecule has 2 nitrogen and oxygen atoms in total. The molecule has 2 heteroatoms. The van der Waals surface area contributed by atoms with Gasteiger partial charge in [-0.25, -0.2) is 0 Å². The molecule has 0 unspecified atom stereocenters. The number of hydrogen-bond donors (Lipinski definition) is 1. The van der Waals surface area contributed by atoms with E-state index in [9.17, 15) is 5.11 Å². The van der Waals surface area contributed by atoms with E-state index in [0.717, 1.165) is 11.3 Å². The lowest BCUT2D eigenvalue weighted by molar-refractivity contribution is 0.336. The van der Waals surface area contributed by atoms with Crippen LogP contribution in [0.1, 0.15) is 33.3 Å². The first-order valence-electron chi connectivity index (χ1n) is 4.91. The van der Waals surface area contributed by atoms with Crippen molar-refractivity contribution in [3.8, 4) is 11.5 Å². The van der Waals surface area contributed by atoms with E-state index in [1.54, 1.807) is 6.07 Å². The van der Waals surface area contributed by atoms with E-state index in [2.05, 4.69) is 20.8 Å². The molecular weight excluding hydrogens is 176 g/mol. The van der Waals surface area contributed by atoms with E-state index < -0.39 is 0 Å². The Morgan fingerprint density at radius 1 is 1.29 bits per heavy atom. The topological polar surface area (TPSA) is 29.5 Å². The van der Waals surface area contributed by atoms with Crippen LogP contribution in [0.3, 0.4) is 0 Å². The summed E-state index contributed by atoms with van der Waals surface area (Å²) in [7, 11) is 0. The first kappa shape index (κ1) is 10.9. The summed E-state index contributed by atoms with van der Waals surface area (Å²) in [6.07, 6.45) is 0. The van der Waals surface area contributed by atoms with Crippen molar-refractivity contribution >= 4 is 0 Å². The van der Waals surface area contributed by atoms with Gasteiger partial charge in [0.05, 0.1) is 6.61 Å². The van der Waals surface area contributed by atoms with Crippen molar-refractivity contribution < 1.29 is 9.84 Å².